The van der Waals surface area contributed by atoms with Gasteiger partial charge in [0.2, 0.25) is 0 Å². The van der Waals surface area contributed by atoms with Gasteiger partial charge in [-0.15, -0.1) is 0 Å². The Bertz CT molecular complexity index is 808. The van der Waals surface area contributed by atoms with E-state index >= 15 is 0 Å². The summed E-state index contributed by atoms with van der Waals surface area (Å²) in [7, 11) is 0. The van der Waals surface area contributed by atoms with E-state index in [-0.39, 0.29) is 5.82 Å². The molecule has 0 N–H and O–H groups in total. The second-order valence-electron chi connectivity index (χ2n) is 7.42. The molecule has 2 heterocycles. The summed E-state index contributed by atoms with van der Waals surface area (Å²) in [6.45, 7) is 5.43. The van der Waals surface area contributed by atoms with Crippen molar-refractivity contribution in [3.05, 3.63) is 59.2 Å². The van der Waals surface area contributed by atoms with E-state index in [1.165, 1.54) is 41.7 Å². The number of nitrogens with zero attached hydrogens (tertiary/aromatic N) is 2. The second kappa shape index (κ2) is 7.71. The summed E-state index contributed by atoms with van der Waals surface area (Å²) in [5, 5.41) is 0. The molecule has 4 rings (SSSR count). The lowest BCUT2D eigenvalue weighted by molar-refractivity contribution is 0.318. The van der Waals surface area contributed by atoms with Crippen molar-refractivity contribution in [2.24, 2.45) is 0 Å². The lowest BCUT2D eigenvalue weighted by Crippen LogP contribution is -2.28. The van der Waals surface area contributed by atoms with Crippen LogP contribution in [0.25, 0.3) is 16.7 Å². The van der Waals surface area contributed by atoms with E-state index < -0.39 is 0 Å². The first-order valence-corrected chi connectivity index (χ1v) is 9.95. The standard InChI is InChI=1S/C23H27FN2/c1-2-26-14-12-18(13-15-26)23-16-21(17-8-10-19(24)11-9-17)20-6-4-3-5-7-22(20)25-23/h8-12,16H,2-7,13-15H2,1H3. The van der Waals surface area contributed by atoms with Crippen LogP contribution >= 0.6 is 0 Å². The van der Waals surface area contributed by atoms with E-state index in [4.69, 9.17) is 4.98 Å². The molecule has 2 aliphatic rings. The average molecular weight is 350 g/mol. The highest BCUT2D eigenvalue weighted by atomic mass is 19.1. The smallest absolute Gasteiger partial charge is 0.123 e. The summed E-state index contributed by atoms with van der Waals surface area (Å²) in [5.74, 6) is -0.177. The largest absolute Gasteiger partial charge is 0.300 e. The highest BCUT2D eigenvalue weighted by Crippen LogP contribution is 2.33. The zero-order valence-corrected chi connectivity index (χ0v) is 15.6. The molecule has 1 aliphatic heterocycles. The number of hydrogen-bond donors (Lipinski definition) is 0. The number of aryl methyl sites for hydroxylation is 1. The fourth-order valence-electron chi connectivity index (χ4n) is 4.16. The monoisotopic (exact) mass is 350 g/mol. The van der Waals surface area contributed by atoms with Crippen LogP contribution in [0.1, 0.15) is 49.6 Å². The van der Waals surface area contributed by atoms with Crippen LogP contribution in [0.4, 0.5) is 4.39 Å². The molecule has 0 radical (unpaired) electrons. The fourth-order valence-corrected chi connectivity index (χ4v) is 4.16. The fraction of sp³-hybridized carbons (Fsp3) is 0.435. The van der Waals surface area contributed by atoms with Gasteiger partial charge >= 0.3 is 0 Å². The Balaban J connectivity index is 1.79. The number of rotatable bonds is 3. The first-order chi connectivity index (χ1) is 12.7. The van der Waals surface area contributed by atoms with Gasteiger partial charge in [-0.05, 0) is 79.1 Å². The van der Waals surface area contributed by atoms with Gasteiger partial charge in [0.05, 0.1) is 5.69 Å². The molecule has 0 atom stereocenters. The Labute approximate surface area is 155 Å². The molecule has 0 spiro atoms. The quantitative estimate of drug-likeness (QED) is 0.702. The second-order valence-corrected chi connectivity index (χ2v) is 7.42. The van der Waals surface area contributed by atoms with Crippen LogP contribution in [0.3, 0.4) is 0 Å². The van der Waals surface area contributed by atoms with Gasteiger partial charge in [0.15, 0.2) is 0 Å². The average Bonchev–Trinajstić information content (AvgIpc) is 2.93. The van der Waals surface area contributed by atoms with Crippen LogP contribution in [-0.2, 0) is 12.8 Å². The third kappa shape index (κ3) is 3.59. The first kappa shape index (κ1) is 17.4. The van der Waals surface area contributed by atoms with E-state index in [9.17, 15) is 4.39 Å². The van der Waals surface area contributed by atoms with Crippen LogP contribution in [0, 0.1) is 5.82 Å². The zero-order chi connectivity index (χ0) is 17.9. The SMILES string of the molecule is CCN1CC=C(c2cc(-c3ccc(F)cc3)c3c(n2)CCCCC3)CC1. The topological polar surface area (TPSA) is 16.1 Å². The van der Waals surface area contributed by atoms with Gasteiger partial charge in [-0.3, -0.25) is 9.88 Å². The maximum absolute atomic E-state index is 13.4. The van der Waals surface area contributed by atoms with E-state index in [1.54, 1.807) is 12.1 Å². The summed E-state index contributed by atoms with van der Waals surface area (Å²) in [5.41, 5.74) is 7.50. The molecule has 0 amide bonds. The molecule has 0 bridgehead atoms. The maximum atomic E-state index is 13.4. The number of aromatic nitrogens is 1. The Kier molecular flexibility index (Phi) is 5.16. The molecule has 0 fully saturated rings. The van der Waals surface area contributed by atoms with Gasteiger partial charge in [-0.1, -0.05) is 31.6 Å². The molecule has 3 heteroatoms. The molecule has 0 saturated carbocycles. The van der Waals surface area contributed by atoms with Gasteiger partial charge in [-0.25, -0.2) is 4.39 Å². The Morgan fingerprint density at radius 2 is 1.85 bits per heavy atom. The molecule has 0 unspecified atom stereocenters. The molecule has 26 heavy (non-hydrogen) atoms. The number of hydrogen-bond acceptors (Lipinski definition) is 2. The van der Waals surface area contributed by atoms with Crippen molar-refractivity contribution in [3.8, 4) is 11.1 Å². The third-order valence-electron chi connectivity index (χ3n) is 5.77. The molecule has 1 aromatic carbocycles. The van der Waals surface area contributed by atoms with Crippen molar-refractivity contribution in [1.82, 2.24) is 9.88 Å². The summed E-state index contributed by atoms with van der Waals surface area (Å²) in [6.07, 6.45) is 9.24. The van der Waals surface area contributed by atoms with E-state index in [0.717, 1.165) is 50.2 Å². The lowest BCUT2D eigenvalue weighted by atomic mass is 9.92. The van der Waals surface area contributed by atoms with Crippen LogP contribution in [0.2, 0.25) is 0 Å². The minimum atomic E-state index is -0.177. The number of halogens is 1. The Hall–Kier alpha value is -2.00. The van der Waals surface area contributed by atoms with Gasteiger partial charge in [0, 0.05) is 18.8 Å². The summed E-state index contributed by atoms with van der Waals surface area (Å²) in [6, 6.07) is 9.21. The molecule has 1 aromatic heterocycles. The minimum Gasteiger partial charge on any atom is -0.300 e. The molecule has 2 aromatic rings. The summed E-state index contributed by atoms with van der Waals surface area (Å²) in [4.78, 5) is 7.54. The minimum absolute atomic E-state index is 0.177. The molecule has 2 nitrogen and oxygen atoms in total. The van der Waals surface area contributed by atoms with Gasteiger partial charge < -0.3 is 0 Å². The van der Waals surface area contributed by atoms with E-state index in [0.29, 0.717) is 0 Å². The van der Waals surface area contributed by atoms with Crippen molar-refractivity contribution in [2.75, 3.05) is 19.6 Å². The highest BCUT2D eigenvalue weighted by molar-refractivity contribution is 5.74. The number of likely N-dealkylation sites (N-methyl/N-ethyl adjacent to an activating group) is 1. The van der Waals surface area contributed by atoms with Gasteiger partial charge in [-0.2, -0.15) is 0 Å². The number of fused-ring (bicyclic) bond motifs is 1. The molecular weight excluding hydrogens is 323 g/mol. The Morgan fingerprint density at radius 1 is 1.04 bits per heavy atom. The van der Waals surface area contributed by atoms with Crippen LogP contribution in [0.15, 0.2) is 36.4 Å². The van der Waals surface area contributed by atoms with Gasteiger partial charge in [0.1, 0.15) is 5.82 Å². The van der Waals surface area contributed by atoms with Crippen molar-refractivity contribution < 1.29 is 4.39 Å². The van der Waals surface area contributed by atoms with Crippen molar-refractivity contribution in [1.29, 1.82) is 0 Å². The predicted octanol–water partition coefficient (Wildman–Crippen LogP) is 5.27. The first-order valence-electron chi connectivity index (χ1n) is 9.95. The van der Waals surface area contributed by atoms with Crippen molar-refractivity contribution >= 4 is 5.57 Å². The van der Waals surface area contributed by atoms with Crippen LogP contribution < -0.4 is 0 Å². The zero-order valence-electron chi connectivity index (χ0n) is 15.6. The van der Waals surface area contributed by atoms with Gasteiger partial charge in [0.25, 0.3) is 0 Å². The van der Waals surface area contributed by atoms with Crippen LogP contribution in [0.5, 0.6) is 0 Å². The number of benzene rings is 1. The maximum Gasteiger partial charge on any atom is 0.123 e. The number of pyridine rings is 1. The van der Waals surface area contributed by atoms with Crippen molar-refractivity contribution in [3.63, 3.8) is 0 Å². The molecule has 136 valence electrons. The lowest BCUT2D eigenvalue weighted by Gasteiger charge is -2.25. The van der Waals surface area contributed by atoms with E-state index in [2.05, 4.69) is 24.0 Å². The molecule has 1 aliphatic carbocycles. The molecule has 0 saturated heterocycles. The summed E-state index contributed by atoms with van der Waals surface area (Å²) < 4.78 is 13.4. The molecular formula is C23H27FN2. The highest BCUT2D eigenvalue weighted by Gasteiger charge is 2.19. The predicted molar refractivity (Wildman–Crippen MR) is 106 cm³/mol. The normalized spacial score (nSPS) is 18.2. The third-order valence-corrected chi connectivity index (χ3v) is 5.77. The van der Waals surface area contributed by atoms with Crippen molar-refractivity contribution in [2.45, 2.75) is 45.4 Å². The van der Waals surface area contributed by atoms with E-state index in [1.807, 2.05) is 12.1 Å². The Morgan fingerprint density at radius 3 is 2.58 bits per heavy atom. The summed E-state index contributed by atoms with van der Waals surface area (Å²) >= 11 is 0. The van der Waals surface area contributed by atoms with Crippen LogP contribution in [-0.4, -0.2) is 29.5 Å².